The Labute approximate surface area is 151 Å². The number of aryl methyl sites for hydroxylation is 1. The average Bonchev–Trinajstić information content (AvgIpc) is 3.21. The molecule has 1 aromatic carbocycles. The highest BCUT2D eigenvalue weighted by atomic mass is 35.5. The minimum Gasteiger partial charge on any atom is -0.411 e. The van der Waals surface area contributed by atoms with Crippen molar-refractivity contribution in [2.24, 2.45) is 0 Å². The highest BCUT2D eigenvalue weighted by molar-refractivity contribution is 7.99. The fourth-order valence-corrected chi connectivity index (χ4v) is 3.21. The lowest BCUT2D eigenvalue weighted by atomic mass is 10.2. The number of hydrogen-bond acceptors (Lipinski definition) is 6. The molecule has 0 N–H and O–H groups in total. The molecule has 0 saturated carbocycles. The van der Waals surface area contributed by atoms with Crippen LogP contribution in [0.3, 0.4) is 0 Å². The van der Waals surface area contributed by atoms with Crippen LogP contribution in [0.5, 0.6) is 0 Å². The molecular weight excluding hydrogens is 362 g/mol. The lowest BCUT2D eigenvalue weighted by Gasteiger charge is -1.97. The van der Waals surface area contributed by atoms with Gasteiger partial charge in [-0.05, 0) is 30.3 Å². The number of nitrogens with zero attached hydrogens (tertiary/aromatic N) is 5. The number of halogens is 1. The van der Waals surface area contributed by atoms with E-state index in [0.717, 1.165) is 5.56 Å². The number of aromatic nitrogens is 5. The van der Waals surface area contributed by atoms with Gasteiger partial charge in [0.2, 0.25) is 5.89 Å². The first-order chi connectivity index (χ1) is 12.2. The van der Waals surface area contributed by atoms with Gasteiger partial charge in [-0.1, -0.05) is 35.5 Å². The molecule has 3 aromatic heterocycles. The van der Waals surface area contributed by atoms with Crippen LogP contribution >= 0.6 is 23.4 Å². The molecule has 0 aliphatic heterocycles. The highest BCUT2D eigenvalue weighted by Gasteiger charge is 2.11. The molecule has 0 fully saturated rings. The maximum absolute atomic E-state index is 12.2. The van der Waals surface area contributed by atoms with Crippen LogP contribution in [0.1, 0.15) is 0 Å². The Bertz CT molecular complexity index is 1090. The van der Waals surface area contributed by atoms with Gasteiger partial charge in [0.05, 0.1) is 6.54 Å². The van der Waals surface area contributed by atoms with Crippen molar-refractivity contribution in [2.75, 3.05) is 5.75 Å². The summed E-state index contributed by atoms with van der Waals surface area (Å²) in [4.78, 5) is 12.2. The van der Waals surface area contributed by atoms with Gasteiger partial charge in [-0.15, -0.1) is 15.3 Å². The zero-order chi connectivity index (χ0) is 17.2. The summed E-state index contributed by atoms with van der Waals surface area (Å²) in [6, 6.07) is 12.7. The molecule has 4 aromatic rings. The second kappa shape index (κ2) is 6.73. The van der Waals surface area contributed by atoms with Gasteiger partial charge in [0, 0.05) is 22.5 Å². The van der Waals surface area contributed by atoms with Crippen LogP contribution in [0.2, 0.25) is 5.02 Å². The fraction of sp³-hybridized carbons (Fsp3) is 0.125. The number of fused-ring (bicyclic) bond motifs is 1. The van der Waals surface area contributed by atoms with Gasteiger partial charge in [0.25, 0.3) is 5.22 Å². The second-order valence-electron chi connectivity index (χ2n) is 5.17. The number of rotatable bonds is 5. The van der Waals surface area contributed by atoms with Crippen molar-refractivity contribution in [2.45, 2.75) is 11.8 Å². The van der Waals surface area contributed by atoms with E-state index in [1.807, 2.05) is 18.2 Å². The van der Waals surface area contributed by atoms with Gasteiger partial charge >= 0.3 is 5.69 Å². The SMILES string of the molecule is O=c1n(CCSc2nnc(-c3cccc(Cl)c3)o2)nc2ccccn12. The molecule has 3 heterocycles. The van der Waals surface area contributed by atoms with Gasteiger partial charge in [-0.3, -0.25) is 4.40 Å². The highest BCUT2D eigenvalue weighted by Crippen LogP contribution is 2.25. The van der Waals surface area contributed by atoms with Crippen molar-refractivity contribution in [1.29, 1.82) is 0 Å². The van der Waals surface area contributed by atoms with E-state index in [1.165, 1.54) is 20.8 Å². The molecule has 7 nitrogen and oxygen atoms in total. The summed E-state index contributed by atoms with van der Waals surface area (Å²) < 4.78 is 8.56. The third kappa shape index (κ3) is 3.31. The largest absolute Gasteiger partial charge is 0.411 e. The Morgan fingerprint density at radius 3 is 2.92 bits per heavy atom. The molecule has 0 amide bonds. The van der Waals surface area contributed by atoms with E-state index < -0.39 is 0 Å². The number of pyridine rings is 1. The molecule has 0 aliphatic carbocycles. The molecule has 0 bridgehead atoms. The van der Waals surface area contributed by atoms with Crippen molar-refractivity contribution in [3.8, 4) is 11.5 Å². The van der Waals surface area contributed by atoms with Gasteiger partial charge in [-0.25, -0.2) is 9.48 Å². The monoisotopic (exact) mass is 373 g/mol. The molecule has 9 heteroatoms. The summed E-state index contributed by atoms with van der Waals surface area (Å²) in [6.07, 6.45) is 1.70. The van der Waals surface area contributed by atoms with E-state index in [0.29, 0.717) is 34.1 Å². The Hall–Kier alpha value is -2.58. The van der Waals surface area contributed by atoms with E-state index in [9.17, 15) is 4.79 Å². The predicted octanol–water partition coefficient (Wildman–Crippen LogP) is 2.99. The quantitative estimate of drug-likeness (QED) is 0.500. The Morgan fingerprint density at radius 2 is 2.08 bits per heavy atom. The van der Waals surface area contributed by atoms with Crippen molar-refractivity contribution < 1.29 is 4.42 Å². The third-order valence-corrected chi connectivity index (χ3v) is 4.53. The zero-order valence-corrected chi connectivity index (χ0v) is 14.4. The first-order valence-corrected chi connectivity index (χ1v) is 8.83. The van der Waals surface area contributed by atoms with Crippen LogP contribution < -0.4 is 5.69 Å². The molecule has 0 unspecified atom stereocenters. The van der Waals surface area contributed by atoms with E-state index in [2.05, 4.69) is 15.3 Å². The first-order valence-electron chi connectivity index (χ1n) is 7.47. The van der Waals surface area contributed by atoms with Crippen LogP contribution in [0.15, 0.2) is 63.1 Å². The minimum atomic E-state index is -0.165. The van der Waals surface area contributed by atoms with Gasteiger partial charge in [-0.2, -0.15) is 0 Å². The van der Waals surface area contributed by atoms with Gasteiger partial charge in [0.15, 0.2) is 5.65 Å². The molecule has 0 spiro atoms. The summed E-state index contributed by atoms with van der Waals surface area (Å²) in [6.45, 7) is 0.445. The summed E-state index contributed by atoms with van der Waals surface area (Å²) in [5.74, 6) is 0.996. The first kappa shape index (κ1) is 15.9. The van der Waals surface area contributed by atoms with Crippen LogP contribution in [-0.4, -0.2) is 30.1 Å². The Balaban J connectivity index is 1.43. The zero-order valence-electron chi connectivity index (χ0n) is 12.9. The summed E-state index contributed by atoms with van der Waals surface area (Å²) in [7, 11) is 0. The van der Waals surface area contributed by atoms with E-state index >= 15 is 0 Å². The van der Waals surface area contributed by atoms with Crippen LogP contribution in [0.25, 0.3) is 17.1 Å². The van der Waals surface area contributed by atoms with Crippen LogP contribution in [0.4, 0.5) is 0 Å². The van der Waals surface area contributed by atoms with Crippen molar-refractivity contribution in [3.63, 3.8) is 0 Å². The topological polar surface area (TPSA) is 78.2 Å². The lowest BCUT2D eigenvalue weighted by molar-refractivity contribution is 0.465. The summed E-state index contributed by atoms with van der Waals surface area (Å²) in [5.41, 5.74) is 1.23. The number of benzene rings is 1. The summed E-state index contributed by atoms with van der Waals surface area (Å²) in [5, 5.41) is 13.4. The van der Waals surface area contributed by atoms with Crippen molar-refractivity contribution in [3.05, 3.63) is 64.2 Å². The van der Waals surface area contributed by atoms with Crippen LogP contribution in [0, 0.1) is 0 Å². The standard InChI is InChI=1S/C16H12ClN5O2S/c17-12-5-3-4-11(10-12)14-18-19-15(24-14)25-9-8-22-16(23)21-7-2-1-6-13(21)20-22/h1-7,10H,8-9H2. The third-order valence-electron chi connectivity index (χ3n) is 3.50. The maximum atomic E-state index is 12.2. The maximum Gasteiger partial charge on any atom is 0.350 e. The smallest absolute Gasteiger partial charge is 0.350 e. The summed E-state index contributed by atoms with van der Waals surface area (Å²) >= 11 is 7.34. The normalized spacial score (nSPS) is 11.2. The Kier molecular flexibility index (Phi) is 4.29. The minimum absolute atomic E-state index is 0.165. The molecular formula is C16H12ClN5O2S. The molecule has 25 heavy (non-hydrogen) atoms. The van der Waals surface area contributed by atoms with Crippen LogP contribution in [-0.2, 0) is 6.54 Å². The number of hydrogen-bond donors (Lipinski definition) is 0. The molecule has 0 radical (unpaired) electrons. The van der Waals surface area contributed by atoms with Crippen molar-refractivity contribution >= 4 is 29.0 Å². The van der Waals surface area contributed by atoms with Crippen molar-refractivity contribution in [1.82, 2.24) is 24.4 Å². The van der Waals surface area contributed by atoms with E-state index in [4.69, 9.17) is 16.0 Å². The number of thioether (sulfide) groups is 1. The molecule has 0 aliphatic rings. The van der Waals surface area contributed by atoms with E-state index in [-0.39, 0.29) is 5.69 Å². The molecule has 4 rings (SSSR count). The molecule has 0 saturated heterocycles. The predicted molar refractivity (Wildman–Crippen MR) is 94.9 cm³/mol. The average molecular weight is 374 g/mol. The molecule has 0 atom stereocenters. The van der Waals surface area contributed by atoms with Gasteiger partial charge < -0.3 is 4.42 Å². The fourth-order valence-electron chi connectivity index (χ4n) is 2.34. The Morgan fingerprint density at radius 1 is 1.16 bits per heavy atom. The van der Waals surface area contributed by atoms with E-state index in [1.54, 1.807) is 30.5 Å². The molecule has 126 valence electrons. The van der Waals surface area contributed by atoms with Gasteiger partial charge in [0.1, 0.15) is 0 Å². The lowest BCUT2D eigenvalue weighted by Crippen LogP contribution is -2.21. The second-order valence-corrected chi connectivity index (χ2v) is 6.65.